The zero-order chi connectivity index (χ0) is 13.6. The van der Waals surface area contributed by atoms with Crippen molar-refractivity contribution in [1.29, 1.82) is 0 Å². The topological polar surface area (TPSA) is 64.8 Å². The van der Waals surface area contributed by atoms with Gasteiger partial charge >= 0.3 is 0 Å². The highest BCUT2D eigenvalue weighted by molar-refractivity contribution is 7.91. The van der Waals surface area contributed by atoms with E-state index in [1.54, 1.807) is 4.57 Å². The lowest BCUT2D eigenvalue weighted by Crippen LogP contribution is -2.31. The van der Waals surface area contributed by atoms with E-state index < -0.39 is 9.84 Å². The number of rotatable bonds is 1. The van der Waals surface area contributed by atoms with Crippen LogP contribution in [0.3, 0.4) is 0 Å². The van der Waals surface area contributed by atoms with Gasteiger partial charge in [0, 0.05) is 5.41 Å². The summed E-state index contributed by atoms with van der Waals surface area (Å²) in [5, 5.41) is 8.27. The van der Waals surface area contributed by atoms with E-state index in [4.69, 9.17) is 11.6 Å². The van der Waals surface area contributed by atoms with Crippen LogP contribution in [0.2, 0.25) is 5.28 Å². The van der Waals surface area contributed by atoms with E-state index in [0.29, 0.717) is 6.42 Å². The number of hydrogen-bond donors (Lipinski definition) is 0. The summed E-state index contributed by atoms with van der Waals surface area (Å²) >= 11 is 6.07. The second kappa shape index (κ2) is 4.49. The smallest absolute Gasteiger partial charge is 0.225 e. The SMILES string of the molecule is CC(C)(C)c1nnc(Cl)n1C1CCCS(=O)(=O)C1. The van der Waals surface area contributed by atoms with Gasteiger partial charge in [0.25, 0.3) is 0 Å². The summed E-state index contributed by atoms with van der Waals surface area (Å²) in [5.41, 5.74) is -0.207. The van der Waals surface area contributed by atoms with Crippen LogP contribution in [-0.4, -0.2) is 34.7 Å². The maximum absolute atomic E-state index is 11.7. The van der Waals surface area contributed by atoms with Crippen LogP contribution in [0.15, 0.2) is 0 Å². The monoisotopic (exact) mass is 291 g/mol. The van der Waals surface area contributed by atoms with Gasteiger partial charge in [-0.25, -0.2) is 8.42 Å². The highest BCUT2D eigenvalue weighted by atomic mass is 35.5. The van der Waals surface area contributed by atoms with Gasteiger partial charge in [-0.2, -0.15) is 0 Å². The molecule has 1 unspecified atom stereocenters. The van der Waals surface area contributed by atoms with Crippen LogP contribution in [0, 0.1) is 0 Å². The third-order valence-electron chi connectivity index (χ3n) is 3.13. The summed E-state index contributed by atoms with van der Waals surface area (Å²) in [5.74, 6) is 1.15. The molecule has 102 valence electrons. The van der Waals surface area contributed by atoms with Gasteiger partial charge in [-0.15, -0.1) is 10.2 Å². The molecule has 1 aliphatic rings. The Bertz CT molecular complexity index is 545. The fourth-order valence-electron chi connectivity index (χ4n) is 2.31. The van der Waals surface area contributed by atoms with Crippen LogP contribution in [0.1, 0.15) is 45.5 Å². The Morgan fingerprint density at radius 3 is 2.56 bits per heavy atom. The predicted molar refractivity (Wildman–Crippen MR) is 70.7 cm³/mol. The predicted octanol–water partition coefficient (Wildman–Crippen LogP) is 1.98. The van der Waals surface area contributed by atoms with Gasteiger partial charge in [0.15, 0.2) is 9.84 Å². The first kappa shape index (κ1) is 13.8. The maximum atomic E-state index is 11.7. The van der Waals surface area contributed by atoms with Crippen LogP contribution in [0.25, 0.3) is 0 Å². The Morgan fingerprint density at radius 2 is 2.00 bits per heavy atom. The highest BCUT2D eigenvalue weighted by Crippen LogP contribution is 2.31. The van der Waals surface area contributed by atoms with Crippen LogP contribution in [0.4, 0.5) is 0 Å². The van der Waals surface area contributed by atoms with E-state index in [9.17, 15) is 8.42 Å². The van der Waals surface area contributed by atoms with Crippen LogP contribution in [-0.2, 0) is 15.3 Å². The molecule has 0 N–H and O–H groups in total. The number of nitrogens with zero attached hydrogens (tertiary/aromatic N) is 3. The van der Waals surface area contributed by atoms with Crippen molar-refractivity contribution in [1.82, 2.24) is 14.8 Å². The quantitative estimate of drug-likeness (QED) is 0.793. The van der Waals surface area contributed by atoms with Gasteiger partial charge in [0.2, 0.25) is 5.28 Å². The Hall–Kier alpha value is -0.620. The Kier molecular flexibility index (Phi) is 3.44. The minimum Gasteiger partial charge on any atom is -0.297 e. The van der Waals surface area contributed by atoms with Crippen molar-refractivity contribution < 1.29 is 8.42 Å². The van der Waals surface area contributed by atoms with Crippen LogP contribution >= 0.6 is 11.6 Å². The highest BCUT2D eigenvalue weighted by Gasteiger charge is 2.32. The largest absolute Gasteiger partial charge is 0.297 e. The molecule has 2 heterocycles. The number of aromatic nitrogens is 3. The maximum Gasteiger partial charge on any atom is 0.225 e. The second-order valence-electron chi connectivity index (χ2n) is 5.82. The van der Waals surface area contributed by atoms with Crippen molar-refractivity contribution in [2.45, 2.75) is 45.1 Å². The number of halogens is 1. The van der Waals surface area contributed by atoms with E-state index in [-0.39, 0.29) is 28.2 Å². The lowest BCUT2D eigenvalue weighted by molar-refractivity contribution is 0.419. The fourth-order valence-corrected chi connectivity index (χ4v) is 4.24. The zero-order valence-electron chi connectivity index (χ0n) is 10.9. The summed E-state index contributed by atoms with van der Waals surface area (Å²) in [6.45, 7) is 6.05. The lowest BCUT2D eigenvalue weighted by Gasteiger charge is -2.28. The summed E-state index contributed by atoms with van der Waals surface area (Å²) in [6, 6.07) is -0.138. The minimum atomic E-state index is -2.97. The average molecular weight is 292 g/mol. The standard InChI is InChI=1S/C11H18ClN3O2S/c1-11(2,3)9-13-14-10(12)15(9)8-5-4-6-18(16,17)7-8/h8H,4-7H2,1-3H3. The first-order valence-electron chi connectivity index (χ1n) is 6.02. The number of sulfone groups is 1. The fraction of sp³-hybridized carbons (Fsp3) is 0.818. The van der Waals surface area contributed by atoms with E-state index in [2.05, 4.69) is 10.2 Å². The molecule has 7 heteroatoms. The number of hydrogen-bond acceptors (Lipinski definition) is 4. The molecule has 0 aliphatic carbocycles. The molecule has 1 aromatic rings. The van der Waals surface area contributed by atoms with Crippen molar-refractivity contribution in [3.8, 4) is 0 Å². The minimum absolute atomic E-state index is 0.133. The van der Waals surface area contributed by atoms with Gasteiger partial charge in [-0.1, -0.05) is 20.8 Å². The molecule has 1 saturated heterocycles. The van der Waals surface area contributed by atoms with Crippen molar-refractivity contribution in [3.05, 3.63) is 11.1 Å². The molecule has 0 aromatic carbocycles. The Balaban J connectivity index is 2.42. The second-order valence-corrected chi connectivity index (χ2v) is 8.39. The molecule has 18 heavy (non-hydrogen) atoms. The first-order valence-corrected chi connectivity index (χ1v) is 8.22. The molecule has 2 rings (SSSR count). The van der Waals surface area contributed by atoms with Crippen molar-refractivity contribution in [2.24, 2.45) is 0 Å². The van der Waals surface area contributed by atoms with Crippen molar-refractivity contribution >= 4 is 21.4 Å². The molecular formula is C11H18ClN3O2S. The van der Waals surface area contributed by atoms with Gasteiger partial charge in [-0.05, 0) is 24.4 Å². The normalized spacial score (nSPS) is 24.1. The summed E-state index contributed by atoms with van der Waals surface area (Å²) in [7, 11) is -2.97. The van der Waals surface area contributed by atoms with E-state index in [1.165, 1.54) is 0 Å². The van der Waals surface area contributed by atoms with Gasteiger partial charge in [-0.3, -0.25) is 4.57 Å². The summed E-state index contributed by atoms with van der Waals surface area (Å²) in [4.78, 5) is 0. The van der Waals surface area contributed by atoms with E-state index >= 15 is 0 Å². The molecule has 0 radical (unpaired) electrons. The van der Waals surface area contributed by atoms with E-state index in [0.717, 1.165) is 12.2 Å². The summed E-state index contributed by atoms with van der Waals surface area (Å²) < 4.78 is 25.3. The van der Waals surface area contributed by atoms with Crippen LogP contribution < -0.4 is 0 Å². The molecule has 0 amide bonds. The molecule has 5 nitrogen and oxygen atoms in total. The van der Waals surface area contributed by atoms with Crippen molar-refractivity contribution in [2.75, 3.05) is 11.5 Å². The molecule has 0 saturated carbocycles. The van der Waals surface area contributed by atoms with Gasteiger partial charge < -0.3 is 0 Å². The zero-order valence-corrected chi connectivity index (χ0v) is 12.4. The molecule has 1 aromatic heterocycles. The molecule has 1 fully saturated rings. The summed E-state index contributed by atoms with van der Waals surface area (Å²) in [6.07, 6.45) is 1.48. The van der Waals surface area contributed by atoms with E-state index in [1.807, 2.05) is 20.8 Å². The Labute approximate surface area is 112 Å². The Morgan fingerprint density at radius 1 is 1.33 bits per heavy atom. The van der Waals surface area contributed by atoms with Crippen molar-refractivity contribution in [3.63, 3.8) is 0 Å². The van der Waals surface area contributed by atoms with Gasteiger partial charge in [0.05, 0.1) is 17.5 Å². The van der Waals surface area contributed by atoms with Gasteiger partial charge in [0.1, 0.15) is 5.82 Å². The molecule has 1 aliphatic heterocycles. The third kappa shape index (κ3) is 2.69. The average Bonchev–Trinajstić information content (AvgIpc) is 2.58. The van der Waals surface area contributed by atoms with Crippen LogP contribution in [0.5, 0.6) is 0 Å². The molecule has 0 spiro atoms. The molecule has 0 bridgehead atoms. The molecular weight excluding hydrogens is 274 g/mol. The lowest BCUT2D eigenvalue weighted by atomic mass is 9.95. The first-order chi connectivity index (χ1) is 8.21. The third-order valence-corrected chi connectivity index (χ3v) is 5.19. The molecule has 1 atom stereocenters.